The van der Waals surface area contributed by atoms with Crippen molar-refractivity contribution in [2.75, 3.05) is 25.5 Å². The molecule has 0 saturated carbocycles. The van der Waals surface area contributed by atoms with Crippen molar-refractivity contribution in [3.8, 4) is 23.3 Å². The highest BCUT2D eigenvalue weighted by atomic mass is 35.5. The number of ether oxygens (including phenoxy) is 3. The SMILES string of the molecule is COc1cc2c(Nc3ccc(OCc4ncccc4C)cc3Cl)c(C#N)cnc2cc1OC(=O)N1CC(C)(C)NCC1C. The predicted octanol–water partition coefficient (Wildman–Crippen LogP) is 6.37. The molecule has 0 bridgehead atoms. The first-order valence-corrected chi connectivity index (χ1v) is 14.2. The minimum atomic E-state index is -0.473. The minimum absolute atomic E-state index is 0.0419. The Kier molecular flexibility index (Phi) is 8.57. The van der Waals surface area contributed by atoms with E-state index in [0.717, 1.165) is 11.3 Å². The van der Waals surface area contributed by atoms with E-state index in [1.54, 1.807) is 41.4 Å². The van der Waals surface area contributed by atoms with E-state index in [1.165, 1.54) is 13.3 Å². The molecule has 4 aromatic rings. The van der Waals surface area contributed by atoms with Gasteiger partial charge in [0.1, 0.15) is 18.4 Å². The van der Waals surface area contributed by atoms with Crippen LogP contribution in [0.5, 0.6) is 17.2 Å². The number of halogens is 1. The summed E-state index contributed by atoms with van der Waals surface area (Å²) in [6.07, 6.45) is 2.72. The third-order valence-electron chi connectivity index (χ3n) is 7.37. The maximum absolute atomic E-state index is 13.2. The van der Waals surface area contributed by atoms with Gasteiger partial charge in [0.05, 0.1) is 40.3 Å². The Morgan fingerprint density at radius 3 is 2.77 bits per heavy atom. The van der Waals surface area contributed by atoms with Crippen molar-refractivity contribution in [1.82, 2.24) is 20.2 Å². The standard InChI is InChI=1S/C32H33ClN6O4/c1-19-7-6-10-35-27(19)17-42-22-8-9-25(24(33)11-22)38-30-21(14-34)16-36-26-13-29(28(41-5)12-23(26)30)43-31(40)39-18-32(3,4)37-15-20(39)2/h6-13,16,20,37H,15,17-18H2,1-5H3,(H,36,38). The monoisotopic (exact) mass is 600 g/mol. The summed E-state index contributed by atoms with van der Waals surface area (Å²) in [5.74, 6) is 1.13. The van der Waals surface area contributed by atoms with Gasteiger partial charge < -0.3 is 29.7 Å². The summed E-state index contributed by atoms with van der Waals surface area (Å²) in [6.45, 7) is 9.48. The number of rotatable bonds is 7. The summed E-state index contributed by atoms with van der Waals surface area (Å²) in [6, 6.07) is 14.6. The zero-order chi connectivity index (χ0) is 30.7. The van der Waals surface area contributed by atoms with Crippen LogP contribution in [0.4, 0.5) is 16.2 Å². The van der Waals surface area contributed by atoms with E-state index in [4.69, 9.17) is 25.8 Å². The summed E-state index contributed by atoms with van der Waals surface area (Å²) >= 11 is 6.64. The Bertz CT molecular complexity index is 1720. The van der Waals surface area contributed by atoms with Crippen LogP contribution in [-0.2, 0) is 6.61 Å². The second-order valence-electron chi connectivity index (χ2n) is 11.1. The van der Waals surface area contributed by atoms with Crippen LogP contribution >= 0.6 is 11.6 Å². The average Bonchev–Trinajstić information content (AvgIpc) is 2.99. The lowest BCUT2D eigenvalue weighted by atomic mass is 10.00. The number of fused-ring (bicyclic) bond motifs is 1. The van der Waals surface area contributed by atoms with Crippen LogP contribution in [0.15, 0.2) is 54.9 Å². The van der Waals surface area contributed by atoms with Gasteiger partial charge in [-0.2, -0.15) is 5.26 Å². The van der Waals surface area contributed by atoms with Crippen molar-refractivity contribution in [3.05, 3.63) is 76.7 Å². The molecule has 2 aromatic carbocycles. The van der Waals surface area contributed by atoms with Crippen LogP contribution in [-0.4, -0.2) is 52.7 Å². The summed E-state index contributed by atoms with van der Waals surface area (Å²) in [7, 11) is 1.49. The van der Waals surface area contributed by atoms with Crippen LogP contribution in [0.2, 0.25) is 5.02 Å². The smallest absolute Gasteiger partial charge is 0.415 e. The van der Waals surface area contributed by atoms with Gasteiger partial charge in [-0.15, -0.1) is 0 Å². The highest BCUT2D eigenvalue weighted by Gasteiger charge is 2.34. The van der Waals surface area contributed by atoms with E-state index < -0.39 is 6.09 Å². The van der Waals surface area contributed by atoms with E-state index in [2.05, 4.69) is 26.7 Å². The molecule has 1 saturated heterocycles. The van der Waals surface area contributed by atoms with Crippen LogP contribution < -0.4 is 24.8 Å². The van der Waals surface area contributed by atoms with Gasteiger partial charge in [-0.05, 0) is 57.5 Å². The van der Waals surface area contributed by atoms with Gasteiger partial charge in [0, 0.05) is 54.6 Å². The van der Waals surface area contributed by atoms with E-state index in [0.29, 0.717) is 64.1 Å². The maximum Gasteiger partial charge on any atom is 0.415 e. The van der Waals surface area contributed by atoms with E-state index in [9.17, 15) is 10.1 Å². The van der Waals surface area contributed by atoms with Gasteiger partial charge in [0.2, 0.25) is 0 Å². The molecule has 2 aromatic heterocycles. The third-order valence-corrected chi connectivity index (χ3v) is 7.69. The highest BCUT2D eigenvalue weighted by molar-refractivity contribution is 6.33. The van der Waals surface area contributed by atoms with Gasteiger partial charge in [-0.1, -0.05) is 17.7 Å². The molecule has 1 unspecified atom stereocenters. The number of methoxy groups -OCH3 is 1. The number of hydrogen-bond acceptors (Lipinski definition) is 9. The molecular formula is C32H33ClN6O4. The summed E-state index contributed by atoms with van der Waals surface area (Å²) in [5.41, 5.74) is 3.50. The second-order valence-corrected chi connectivity index (χ2v) is 11.5. The molecule has 1 aliphatic rings. The molecule has 1 aliphatic heterocycles. The van der Waals surface area contributed by atoms with Crippen molar-refractivity contribution in [1.29, 1.82) is 5.26 Å². The van der Waals surface area contributed by atoms with Gasteiger partial charge in [0.15, 0.2) is 11.5 Å². The number of nitrogens with zero attached hydrogens (tertiary/aromatic N) is 4. The Hall–Kier alpha value is -4.59. The van der Waals surface area contributed by atoms with E-state index >= 15 is 0 Å². The molecule has 2 N–H and O–H groups in total. The Morgan fingerprint density at radius 2 is 2.05 bits per heavy atom. The highest BCUT2D eigenvalue weighted by Crippen LogP contribution is 2.39. The molecule has 0 radical (unpaired) electrons. The van der Waals surface area contributed by atoms with Crippen molar-refractivity contribution >= 4 is 40.0 Å². The van der Waals surface area contributed by atoms with Gasteiger partial charge in [0.25, 0.3) is 0 Å². The van der Waals surface area contributed by atoms with Crippen molar-refractivity contribution in [3.63, 3.8) is 0 Å². The molecule has 43 heavy (non-hydrogen) atoms. The summed E-state index contributed by atoms with van der Waals surface area (Å²) < 4.78 is 17.3. The van der Waals surface area contributed by atoms with E-state index in [1.807, 2.05) is 39.8 Å². The molecule has 1 fully saturated rings. The second kappa shape index (κ2) is 12.3. The number of carbonyl (C=O) groups is 1. The number of hydrogen-bond donors (Lipinski definition) is 2. The van der Waals surface area contributed by atoms with Crippen LogP contribution in [0.3, 0.4) is 0 Å². The number of nitriles is 1. The third kappa shape index (κ3) is 6.58. The molecule has 222 valence electrons. The molecule has 1 atom stereocenters. The zero-order valence-electron chi connectivity index (χ0n) is 24.7. The fraction of sp³-hybridized carbons (Fsp3) is 0.312. The van der Waals surface area contributed by atoms with E-state index in [-0.39, 0.29) is 17.3 Å². The lowest BCUT2D eigenvalue weighted by Crippen LogP contribution is -2.62. The molecular weight excluding hydrogens is 568 g/mol. The number of benzene rings is 2. The Labute approximate surface area is 255 Å². The van der Waals surface area contributed by atoms with Crippen LogP contribution in [0.25, 0.3) is 10.9 Å². The summed E-state index contributed by atoms with van der Waals surface area (Å²) in [5, 5.41) is 17.6. The molecule has 1 amide bonds. The number of aromatic nitrogens is 2. The van der Waals surface area contributed by atoms with Gasteiger partial charge in [-0.3, -0.25) is 9.97 Å². The van der Waals surface area contributed by atoms with Crippen LogP contribution in [0, 0.1) is 18.3 Å². The minimum Gasteiger partial charge on any atom is -0.493 e. The number of anilines is 2. The largest absolute Gasteiger partial charge is 0.493 e. The Morgan fingerprint density at radius 1 is 1.23 bits per heavy atom. The number of nitrogens with one attached hydrogen (secondary N) is 2. The average molecular weight is 601 g/mol. The molecule has 3 heterocycles. The number of piperazine rings is 1. The van der Waals surface area contributed by atoms with Crippen LogP contribution in [0.1, 0.15) is 37.6 Å². The van der Waals surface area contributed by atoms with Crippen molar-refractivity contribution in [2.45, 2.75) is 45.9 Å². The maximum atomic E-state index is 13.2. The van der Waals surface area contributed by atoms with Gasteiger partial charge in [-0.25, -0.2) is 4.79 Å². The lowest BCUT2D eigenvalue weighted by molar-refractivity contribution is 0.0904. The lowest BCUT2D eigenvalue weighted by Gasteiger charge is -2.42. The first kappa shape index (κ1) is 29.9. The normalized spacial score (nSPS) is 15.9. The number of carbonyl (C=O) groups excluding carboxylic acids is 1. The molecule has 10 nitrogen and oxygen atoms in total. The number of pyridine rings is 2. The first-order chi connectivity index (χ1) is 20.6. The molecule has 5 rings (SSSR count). The molecule has 0 aliphatic carbocycles. The van der Waals surface area contributed by atoms with Gasteiger partial charge >= 0.3 is 6.09 Å². The quantitative estimate of drug-likeness (QED) is 0.249. The van der Waals surface area contributed by atoms with Crippen molar-refractivity contribution in [2.24, 2.45) is 0 Å². The fourth-order valence-electron chi connectivity index (χ4n) is 4.87. The fourth-order valence-corrected chi connectivity index (χ4v) is 5.09. The van der Waals surface area contributed by atoms with Crippen molar-refractivity contribution < 1.29 is 19.0 Å². The summed E-state index contributed by atoms with van der Waals surface area (Å²) in [4.78, 5) is 23.7. The number of aryl methyl sites for hydroxylation is 1. The topological polar surface area (TPSA) is 122 Å². The first-order valence-electron chi connectivity index (χ1n) is 13.8. The Balaban J connectivity index is 1.41. The predicted molar refractivity (Wildman–Crippen MR) is 165 cm³/mol. The zero-order valence-corrected chi connectivity index (χ0v) is 25.5. The number of amides is 1. The molecule has 11 heteroatoms. The molecule has 0 spiro atoms.